The van der Waals surface area contributed by atoms with Gasteiger partial charge in [0.1, 0.15) is 18.5 Å². The van der Waals surface area contributed by atoms with Crippen LogP contribution in [0.25, 0.3) is 0 Å². The molecule has 0 bridgehead atoms. The maximum absolute atomic E-state index is 11.4. The fourth-order valence-corrected chi connectivity index (χ4v) is 5.34. The van der Waals surface area contributed by atoms with Gasteiger partial charge in [-0.05, 0) is 59.9 Å². The molecule has 0 spiro atoms. The van der Waals surface area contributed by atoms with Crippen molar-refractivity contribution in [3.05, 3.63) is 79.2 Å². The van der Waals surface area contributed by atoms with Gasteiger partial charge in [-0.2, -0.15) is 0 Å². The van der Waals surface area contributed by atoms with Crippen LogP contribution in [0.5, 0.6) is 11.6 Å². The van der Waals surface area contributed by atoms with E-state index in [4.69, 9.17) is 33.3 Å². The maximum atomic E-state index is 11.4. The molecule has 9 heteroatoms. The third-order valence-corrected chi connectivity index (χ3v) is 7.11. The fourth-order valence-electron chi connectivity index (χ4n) is 4.04. The van der Waals surface area contributed by atoms with E-state index in [0.29, 0.717) is 40.6 Å². The molecule has 1 saturated heterocycles. The summed E-state index contributed by atoms with van der Waals surface area (Å²) in [6, 6.07) is 15.4. The van der Waals surface area contributed by atoms with Gasteiger partial charge in [-0.25, -0.2) is 0 Å². The Morgan fingerprint density at radius 3 is 2.71 bits per heavy atom. The Bertz CT molecular complexity index is 1190. The first-order valence-electron chi connectivity index (χ1n) is 11.1. The van der Waals surface area contributed by atoms with Crippen molar-refractivity contribution >= 4 is 40.3 Å². The average molecular weight is 519 g/mol. The van der Waals surface area contributed by atoms with Crippen LogP contribution >= 0.6 is 35.2 Å². The van der Waals surface area contributed by atoms with Gasteiger partial charge < -0.3 is 19.5 Å². The van der Waals surface area contributed by atoms with Crippen LogP contribution in [-0.2, 0) is 11.2 Å². The Labute approximate surface area is 213 Å². The van der Waals surface area contributed by atoms with E-state index in [1.165, 1.54) is 0 Å². The number of benzene rings is 2. The lowest BCUT2D eigenvalue weighted by Crippen LogP contribution is -2.41. The first kappa shape index (κ1) is 24.6. The van der Waals surface area contributed by atoms with Gasteiger partial charge >= 0.3 is 4.87 Å². The van der Waals surface area contributed by atoms with Crippen LogP contribution in [0.3, 0.4) is 0 Å². The quantitative estimate of drug-likeness (QED) is 0.362. The summed E-state index contributed by atoms with van der Waals surface area (Å²) in [7, 11) is 0. The molecule has 34 heavy (non-hydrogen) atoms. The third kappa shape index (κ3) is 6.11. The summed E-state index contributed by atoms with van der Waals surface area (Å²) in [6.45, 7) is 5.49. The normalized spacial score (nSPS) is 16.6. The number of thiocarbonyl (C=S) groups is 1. The standard InChI is InChI=1S/C25H27ClN2O4S2/c1-15(2)10-19(28-13-21(32-25(28)33)17-4-3-5-18(26)12-17)14-31-20-8-6-16(7-9-20)11-22-23(29)27-24(30)34-22/h3-9,12,15,19,21,29H,10-11,13-14H2,1-2H3,(H,27,30)/t19-,21+/m1/s1. The van der Waals surface area contributed by atoms with Crippen molar-refractivity contribution in [2.45, 2.75) is 38.8 Å². The molecule has 3 aromatic rings. The van der Waals surface area contributed by atoms with Crippen molar-refractivity contribution in [2.24, 2.45) is 5.92 Å². The number of ether oxygens (including phenoxy) is 2. The topological polar surface area (TPSA) is 74.8 Å². The van der Waals surface area contributed by atoms with E-state index in [9.17, 15) is 9.90 Å². The average Bonchev–Trinajstić information content (AvgIpc) is 3.33. The highest BCUT2D eigenvalue weighted by molar-refractivity contribution is 7.80. The Morgan fingerprint density at radius 2 is 2.06 bits per heavy atom. The van der Waals surface area contributed by atoms with Crippen LogP contribution in [0.4, 0.5) is 0 Å². The predicted octanol–water partition coefficient (Wildman–Crippen LogP) is 5.54. The lowest BCUT2D eigenvalue weighted by molar-refractivity contribution is 0.181. The molecule has 2 heterocycles. The molecule has 2 atom stereocenters. The highest BCUT2D eigenvalue weighted by Crippen LogP contribution is 2.31. The summed E-state index contributed by atoms with van der Waals surface area (Å²) < 4.78 is 12.2. The van der Waals surface area contributed by atoms with Crippen LogP contribution in [-0.4, -0.2) is 39.4 Å². The zero-order valence-corrected chi connectivity index (χ0v) is 21.4. The number of rotatable bonds is 9. The Kier molecular flexibility index (Phi) is 7.80. The lowest BCUT2D eigenvalue weighted by atomic mass is 10.0. The summed E-state index contributed by atoms with van der Waals surface area (Å²) in [5, 5.41) is 11.0. The van der Waals surface area contributed by atoms with Gasteiger partial charge in [0, 0.05) is 11.4 Å². The molecule has 1 aliphatic heterocycles. The van der Waals surface area contributed by atoms with Gasteiger partial charge in [0.15, 0.2) is 0 Å². The van der Waals surface area contributed by atoms with E-state index in [0.717, 1.165) is 34.6 Å². The number of aromatic nitrogens is 1. The van der Waals surface area contributed by atoms with Gasteiger partial charge in [-0.15, -0.1) is 0 Å². The number of aromatic hydroxyl groups is 1. The van der Waals surface area contributed by atoms with E-state index < -0.39 is 0 Å². The van der Waals surface area contributed by atoms with Crippen molar-refractivity contribution < 1.29 is 14.6 Å². The number of hydrogen-bond donors (Lipinski definition) is 2. The monoisotopic (exact) mass is 518 g/mol. The number of thiazole rings is 1. The Hall–Kier alpha value is -2.55. The molecule has 0 saturated carbocycles. The molecule has 2 N–H and O–H groups in total. The number of H-pyrrole nitrogens is 1. The Balaban J connectivity index is 1.40. The summed E-state index contributed by atoms with van der Waals surface area (Å²) in [4.78, 5) is 16.3. The van der Waals surface area contributed by atoms with Crippen LogP contribution in [0, 0.1) is 5.92 Å². The molecular formula is C25H27ClN2O4S2. The summed E-state index contributed by atoms with van der Waals surface area (Å²) in [6.07, 6.45) is 1.24. The van der Waals surface area contributed by atoms with Crippen molar-refractivity contribution in [1.29, 1.82) is 0 Å². The third-order valence-electron chi connectivity index (χ3n) is 5.68. The summed E-state index contributed by atoms with van der Waals surface area (Å²) in [5.74, 6) is 1.15. The Morgan fingerprint density at radius 1 is 1.29 bits per heavy atom. The first-order valence-corrected chi connectivity index (χ1v) is 12.7. The predicted molar refractivity (Wildman–Crippen MR) is 139 cm³/mol. The zero-order valence-electron chi connectivity index (χ0n) is 19.0. The van der Waals surface area contributed by atoms with Gasteiger partial charge in [0.25, 0.3) is 5.17 Å². The number of nitrogens with zero attached hydrogens (tertiary/aromatic N) is 1. The number of halogens is 1. The number of hydrogen-bond acceptors (Lipinski definition) is 6. The van der Waals surface area contributed by atoms with Crippen LogP contribution in [0.15, 0.2) is 53.3 Å². The largest absolute Gasteiger partial charge is 0.494 e. The van der Waals surface area contributed by atoms with Gasteiger partial charge in [-0.1, -0.05) is 61.1 Å². The lowest BCUT2D eigenvalue weighted by Gasteiger charge is -2.28. The molecule has 0 amide bonds. The molecule has 0 unspecified atom stereocenters. The minimum absolute atomic E-state index is 0.0632. The second kappa shape index (κ2) is 10.8. The van der Waals surface area contributed by atoms with Crippen molar-refractivity contribution in [1.82, 2.24) is 9.88 Å². The molecule has 180 valence electrons. The van der Waals surface area contributed by atoms with Crippen molar-refractivity contribution in [3.8, 4) is 11.6 Å². The molecule has 1 fully saturated rings. The molecule has 1 aromatic heterocycles. The molecule has 6 nitrogen and oxygen atoms in total. The highest BCUT2D eigenvalue weighted by Gasteiger charge is 2.35. The molecular weight excluding hydrogens is 492 g/mol. The van der Waals surface area contributed by atoms with E-state index in [1.807, 2.05) is 48.5 Å². The fraction of sp³-hybridized carbons (Fsp3) is 0.360. The molecule has 0 aliphatic carbocycles. The SMILES string of the molecule is CC(C)C[C@H](COc1ccc(Cc2sc(=O)[nH]c2O)cc1)N1C[C@@H](c2cccc(Cl)c2)OC1=S. The second-order valence-corrected chi connectivity index (χ2v) is 10.6. The second-order valence-electron chi connectivity index (χ2n) is 8.78. The van der Waals surface area contributed by atoms with Gasteiger partial charge in [0.05, 0.1) is 17.5 Å². The number of aromatic amines is 1. The van der Waals surface area contributed by atoms with Crippen LogP contribution < -0.4 is 9.61 Å². The minimum atomic E-state index is -0.259. The van der Waals surface area contributed by atoms with Gasteiger partial charge in [0.2, 0.25) is 5.88 Å². The summed E-state index contributed by atoms with van der Waals surface area (Å²) >= 11 is 12.8. The minimum Gasteiger partial charge on any atom is -0.494 e. The molecule has 2 aromatic carbocycles. The van der Waals surface area contributed by atoms with E-state index in [1.54, 1.807) is 0 Å². The zero-order chi connectivity index (χ0) is 24.2. The summed E-state index contributed by atoms with van der Waals surface area (Å²) in [5.41, 5.74) is 1.99. The van der Waals surface area contributed by atoms with Crippen molar-refractivity contribution in [3.63, 3.8) is 0 Å². The smallest absolute Gasteiger partial charge is 0.307 e. The van der Waals surface area contributed by atoms with E-state index in [-0.39, 0.29) is 22.9 Å². The van der Waals surface area contributed by atoms with Crippen molar-refractivity contribution in [2.75, 3.05) is 13.2 Å². The number of nitrogens with one attached hydrogen (secondary N) is 1. The molecule has 1 aliphatic rings. The van der Waals surface area contributed by atoms with Crippen LogP contribution in [0.1, 0.15) is 42.4 Å². The molecule has 0 radical (unpaired) electrons. The highest BCUT2D eigenvalue weighted by atomic mass is 35.5. The van der Waals surface area contributed by atoms with Gasteiger partial charge in [-0.3, -0.25) is 9.78 Å². The first-order chi connectivity index (χ1) is 16.3. The van der Waals surface area contributed by atoms with E-state index >= 15 is 0 Å². The van der Waals surface area contributed by atoms with E-state index in [2.05, 4.69) is 23.7 Å². The molecule has 4 rings (SSSR count). The maximum Gasteiger partial charge on any atom is 0.307 e. The van der Waals surface area contributed by atoms with Crippen LogP contribution in [0.2, 0.25) is 5.02 Å².